The molecule has 0 aromatic heterocycles. The summed E-state index contributed by atoms with van der Waals surface area (Å²) in [5, 5.41) is 3.09. The van der Waals surface area contributed by atoms with E-state index in [0.29, 0.717) is 18.9 Å². The zero-order valence-corrected chi connectivity index (χ0v) is 11.3. The van der Waals surface area contributed by atoms with E-state index in [9.17, 15) is 13.2 Å². The number of hydrogen-bond donors (Lipinski definition) is 1. The van der Waals surface area contributed by atoms with Crippen molar-refractivity contribution >= 4 is 0 Å². The number of hydrogen-bond acceptors (Lipinski definition) is 2. The first kappa shape index (κ1) is 15.8. The van der Waals surface area contributed by atoms with Gasteiger partial charge in [0.2, 0.25) is 0 Å². The van der Waals surface area contributed by atoms with Gasteiger partial charge < -0.3 is 10.1 Å². The second kappa shape index (κ2) is 7.38. The summed E-state index contributed by atoms with van der Waals surface area (Å²) < 4.78 is 42.3. The molecule has 0 aliphatic rings. The van der Waals surface area contributed by atoms with Crippen molar-refractivity contribution < 1.29 is 17.9 Å². The SMILES string of the molecule is CCNC(CCC(F)(F)F)c1cccc(OCC)c1. The van der Waals surface area contributed by atoms with Crippen LogP contribution in [-0.2, 0) is 0 Å². The Morgan fingerprint density at radius 2 is 2.00 bits per heavy atom. The zero-order valence-electron chi connectivity index (χ0n) is 11.3. The van der Waals surface area contributed by atoms with E-state index in [1.54, 1.807) is 18.2 Å². The molecule has 1 atom stereocenters. The van der Waals surface area contributed by atoms with Gasteiger partial charge in [0.05, 0.1) is 6.61 Å². The van der Waals surface area contributed by atoms with E-state index in [1.165, 1.54) is 0 Å². The highest BCUT2D eigenvalue weighted by Gasteiger charge is 2.28. The van der Waals surface area contributed by atoms with Crippen LogP contribution in [0.25, 0.3) is 0 Å². The van der Waals surface area contributed by atoms with Crippen molar-refractivity contribution in [3.8, 4) is 5.75 Å². The third-order valence-corrected chi connectivity index (χ3v) is 2.74. The van der Waals surface area contributed by atoms with Gasteiger partial charge in [0.1, 0.15) is 5.75 Å². The van der Waals surface area contributed by atoms with E-state index in [4.69, 9.17) is 4.74 Å². The summed E-state index contributed by atoms with van der Waals surface area (Å²) in [6.07, 6.45) is -4.87. The minimum atomic E-state index is -4.12. The van der Waals surface area contributed by atoms with Gasteiger partial charge in [-0.1, -0.05) is 19.1 Å². The Morgan fingerprint density at radius 3 is 2.58 bits per heavy atom. The summed E-state index contributed by atoms with van der Waals surface area (Å²) in [4.78, 5) is 0. The van der Waals surface area contributed by atoms with Crippen LogP contribution in [0.5, 0.6) is 5.75 Å². The predicted molar refractivity (Wildman–Crippen MR) is 69.3 cm³/mol. The van der Waals surface area contributed by atoms with Crippen LogP contribution >= 0.6 is 0 Å². The van der Waals surface area contributed by atoms with Crippen LogP contribution in [0.3, 0.4) is 0 Å². The Morgan fingerprint density at radius 1 is 1.26 bits per heavy atom. The molecule has 1 rings (SSSR count). The summed E-state index contributed by atoms with van der Waals surface area (Å²) in [5.41, 5.74) is 0.831. The van der Waals surface area contributed by atoms with Gasteiger partial charge in [-0.3, -0.25) is 0 Å². The van der Waals surface area contributed by atoms with E-state index in [2.05, 4.69) is 5.32 Å². The summed E-state index contributed by atoms with van der Waals surface area (Å²) in [6.45, 7) is 4.92. The number of nitrogens with one attached hydrogen (secondary N) is 1. The minimum absolute atomic E-state index is 0.0346. The van der Waals surface area contributed by atoms with Crippen LogP contribution < -0.4 is 10.1 Å². The van der Waals surface area contributed by atoms with Crippen molar-refractivity contribution in [2.24, 2.45) is 0 Å². The Kier molecular flexibility index (Phi) is 6.15. The lowest BCUT2D eigenvalue weighted by Gasteiger charge is -2.20. The quantitative estimate of drug-likeness (QED) is 0.809. The topological polar surface area (TPSA) is 21.3 Å². The molecular formula is C14H20F3NO. The lowest BCUT2D eigenvalue weighted by molar-refractivity contribution is -0.136. The molecule has 1 unspecified atom stereocenters. The maximum atomic E-state index is 12.3. The summed E-state index contributed by atoms with van der Waals surface area (Å²) in [7, 11) is 0. The van der Waals surface area contributed by atoms with E-state index >= 15 is 0 Å². The maximum absolute atomic E-state index is 12.3. The van der Waals surface area contributed by atoms with Crippen molar-refractivity contribution in [2.75, 3.05) is 13.2 Å². The fourth-order valence-electron chi connectivity index (χ4n) is 1.93. The van der Waals surface area contributed by atoms with Gasteiger partial charge in [0, 0.05) is 12.5 Å². The molecule has 0 saturated carbocycles. The highest BCUT2D eigenvalue weighted by Crippen LogP contribution is 2.28. The fourth-order valence-corrected chi connectivity index (χ4v) is 1.93. The third kappa shape index (κ3) is 5.96. The second-order valence-electron chi connectivity index (χ2n) is 4.27. The summed E-state index contributed by atoms with van der Waals surface area (Å²) >= 11 is 0. The van der Waals surface area contributed by atoms with Gasteiger partial charge in [-0.15, -0.1) is 0 Å². The number of ether oxygens (including phenoxy) is 1. The first-order valence-corrected chi connectivity index (χ1v) is 6.49. The molecule has 1 N–H and O–H groups in total. The van der Waals surface area contributed by atoms with Crippen molar-refractivity contribution in [3.63, 3.8) is 0 Å². The first-order valence-electron chi connectivity index (χ1n) is 6.49. The number of rotatable bonds is 7. The zero-order chi connectivity index (χ0) is 14.3. The largest absolute Gasteiger partial charge is 0.494 e. The van der Waals surface area contributed by atoms with E-state index in [-0.39, 0.29) is 12.5 Å². The Hall–Kier alpha value is -1.23. The van der Waals surface area contributed by atoms with Gasteiger partial charge in [0.25, 0.3) is 0 Å². The molecule has 108 valence electrons. The minimum Gasteiger partial charge on any atom is -0.494 e. The molecule has 19 heavy (non-hydrogen) atoms. The highest BCUT2D eigenvalue weighted by molar-refractivity contribution is 5.30. The molecular weight excluding hydrogens is 255 g/mol. The molecule has 0 spiro atoms. The fraction of sp³-hybridized carbons (Fsp3) is 0.571. The smallest absolute Gasteiger partial charge is 0.389 e. The molecule has 0 aliphatic carbocycles. The van der Waals surface area contributed by atoms with Crippen LogP contribution in [0, 0.1) is 0 Å². The molecule has 0 aliphatic heterocycles. The maximum Gasteiger partial charge on any atom is 0.389 e. The van der Waals surface area contributed by atoms with E-state index in [0.717, 1.165) is 5.56 Å². The van der Waals surface area contributed by atoms with Crippen molar-refractivity contribution in [1.29, 1.82) is 0 Å². The Balaban J connectivity index is 2.76. The third-order valence-electron chi connectivity index (χ3n) is 2.74. The average Bonchev–Trinajstić information content (AvgIpc) is 2.34. The van der Waals surface area contributed by atoms with E-state index in [1.807, 2.05) is 19.9 Å². The van der Waals surface area contributed by atoms with E-state index < -0.39 is 12.6 Å². The second-order valence-corrected chi connectivity index (χ2v) is 4.27. The predicted octanol–water partition coefficient (Wildman–Crippen LogP) is 4.08. The molecule has 1 aromatic carbocycles. The molecule has 0 fully saturated rings. The first-order chi connectivity index (χ1) is 8.96. The lowest BCUT2D eigenvalue weighted by Crippen LogP contribution is -2.23. The Bertz CT molecular complexity index is 379. The molecule has 0 saturated heterocycles. The monoisotopic (exact) mass is 275 g/mol. The summed E-state index contributed by atoms with van der Waals surface area (Å²) in [5.74, 6) is 0.690. The molecule has 5 heteroatoms. The number of alkyl halides is 3. The summed E-state index contributed by atoms with van der Waals surface area (Å²) in [6, 6.07) is 6.93. The molecule has 0 bridgehead atoms. The van der Waals surface area contributed by atoms with Crippen LogP contribution in [-0.4, -0.2) is 19.3 Å². The van der Waals surface area contributed by atoms with Crippen LogP contribution in [0.2, 0.25) is 0 Å². The number of benzene rings is 1. The number of halogens is 3. The average molecular weight is 275 g/mol. The van der Waals surface area contributed by atoms with Crippen LogP contribution in [0.15, 0.2) is 24.3 Å². The van der Waals surface area contributed by atoms with Crippen LogP contribution in [0.4, 0.5) is 13.2 Å². The molecule has 0 radical (unpaired) electrons. The van der Waals surface area contributed by atoms with Crippen molar-refractivity contribution in [2.45, 2.75) is 38.9 Å². The molecule has 2 nitrogen and oxygen atoms in total. The lowest BCUT2D eigenvalue weighted by atomic mass is 10.0. The van der Waals surface area contributed by atoms with Crippen LogP contribution in [0.1, 0.15) is 38.3 Å². The van der Waals surface area contributed by atoms with Gasteiger partial charge in [-0.25, -0.2) is 0 Å². The normalized spacial score (nSPS) is 13.3. The molecule has 0 amide bonds. The Labute approximate surface area is 112 Å². The van der Waals surface area contributed by atoms with Gasteiger partial charge in [-0.05, 0) is 37.6 Å². The van der Waals surface area contributed by atoms with Crippen molar-refractivity contribution in [1.82, 2.24) is 5.32 Å². The molecule has 0 heterocycles. The van der Waals surface area contributed by atoms with Crippen molar-refractivity contribution in [3.05, 3.63) is 29.8 Å². The standard InChI is InChI=1S/C14H20F3NO/c1-3-18-13(8-9-14(15,16)17)11-6-5-7-12(10-11)19-4-2/h5-7,10,13,18H,3-4,8-9H2,1-2H3. The molecule has 1 aromatic rings. The van der Waals surface area contributed by atoms with Gasteiger partial charge in [-0.2, -0.15) is 13.2 Å². The van der Waals surface area contributed by atoms with Gasteiger partial charge >= 0.3 is 6.18 Å². The van der Waals surface area contributed by atoms with Gasteiger partial charge in [0.15, 0.2) is 0 Å². The highest BCUT2D eigenvalue weighted by atomic mass is 19.4.